The fraction of sp³-hybridized carbons (Fsp3) is 0.370. The molecule has 5 rings (SSSR count). The average molecular weight is 476 g/mol. The van der Waals surface area contributed by atoms with E-state index in [1.54, 1.807) is 24.4 Å². The summed E-state index contributed by atoms with van der Waals surface area (Å²) in [4.78, 5) is 32.0. The molecule has 0 aliphatic carbocycles. The maximum atomic E-state index is 14.1. The third-order valence-corrected chi connectivity index (χ3v) is 6.95. The van der Waals surface area contributed by atoms with E-state index in [2.05, 4.69) is 10.00 Å². The summed E-state index contributed by atoms with van der Waals surface area (Å²) in [5, 5.41) is 4.38. The largest absolute Gasteiger partial charge is 0.369 e. The zero-order valence-corrected chi connectivity index (χ0v) is 19.7. The maximum absolute atomic E-state index is 14.1. The van der Waals surface area contributed by atoms with Gasteiger partial charge in [-0.1, -0.05) is 42.5 Å². The Morgan fingerprint density at radius 3 is 2.43 bits per heavy atom. The molecule has 0 saturated carbocycles. The summed E-state index contributed by atoms with van der Waals surface area (Å²) in [6, 6.07) is 18.2. The van der Waals surface area contributed by atoms with Gasteiger partial charge in [-0.3, -0.25) is 9.59 Å². The number of hydrogen-bond acceptors (Lipinski definition) is 5. The van der Waals surface area contributed by atoms with E-state index in [0.29, 0.717) is 45.0 Å². The lowest BCUT2D eigenvalue weighted by Gasteiger charge is -2.40. The van der Waals surface area contributed by atoms with Crippen molar-refractivity contribution in [2.75, 3.05) is 49.1 Å². The number of carbonyl (C=O) groups excluding carboxylic acids is 1. The fourth-order valence-electron chi connectivity index (χ4n) is 5.02. The quantitative estimate of drug-likeness (QED) is 0.568. The SMILES string of the molecule is O=C(C1CCCN(c2cnn(Cc3ccccc3)c(=O)c2)C1)N1CCN(c2ccccc2F)CC1. The number of nitrogens with zero attached hydrogens (tertiary/aromatic N) is 5. The first-order chi connectivity index (χ1) is 17.1. The standard InChI is InChI=1S/C27H30FN5O2/c28-24-10-4-5-11-25(24)30-13-15-31(16-14-30)27(35)22-9-6-12-32(20-22)23-17-26(34)33(29-18-23)19-21-7-2-1-3-8-21/h1-5,7-8,10-11,17-18,22H,6,9,12-16,19-20H2. The molecule has 35 heavy (non-hydrogen) atoms. The third kappa shape index (κ3) is 5.21. The smallest absolute Gasteiger partial charge is 0.269 e. The number of aromatic nitrogens is 2. The number of anilines is 2. The normalized spacial score (nSPS) is 18.5. The van der Waals surface area contributed by atoms with Gasteiger partial charge in [0.25, 0.3) is 5.56 Å². The van der Waals surface area contributed by atoms with E-state index >= 15 is 0 Å². The molecule has 8 heteroatoms. The van der Waals surface area contributed by atoms with Crippen LogP contribution >= 0.6 is 0 Å². The second-order valence-corrected chi connectivity index (χ2v) is 9.24. The Hall–Kier alpha value is -3.68. The minimum absolute atomic E-state index is 0.115. The first-order valence-corrected chi connectivity index (χ1v) is 12.2. The Kier molecular flexibility index (Phi) is 6.79. The van der Waals surface area contributed by atoms with Crippen LogP contribution in [0.4, 0.5) is 15.8 Å². The lowest BCUT2D eigenvalue weighted by Crippen LogP contribution is -2.52. The van der Waals surface area contributed by atoms with Gasteiger partial charge in [0.2, 0.25) is 5.91 Å². The van der Waals surface area contributed by atoms with Crippen LogP contribution in [0.2, 0.25) is 0 Å². The lowest BCUT2D eigenvalue weighted by molar-refractivity contribution is -0.136. The first kappa shape index (κ1) is 23.1. The highest BCUT2D eigenvalue weighted by Crippen LogP contribution is 2.25. The summed E-state index contributed by atoms with van der Waals surface area (Å²) in [6.45, 7) is 4.21. The Morgan fingerprint density at radius 1 is 0.943 bits per heavy atom. The highest BCUT2D eigenvalue weighted by molar-refractivity contribution is 5.80. The maximum Gasteiger partial charge on any atom is 0.269 e. The van der Waals surface area contributed by atoms with Gasteiger partial charge in [0.15, 0.2) is 0 Å². The van der Waals surface area contributed by atoms with Gasteiger partial charge in [0.05, 0.1) is 30.0 Å². The highest BCUT2D eigenvalue weighted by Gasteiger charge is 2.31. The Morgan fingerprint density at radius 2 is 1.69 bits per heavy atom. The van der Waals surface area contributed by atoms with Gasteiger partial charge in [0, 0.05) is 45.3 Å². The van der Waals surface area contributed by atoms with Crippen molar-refractivity contribution in [1.82, 2.24) is 14.7 Å². The Bertz CT molecular complexity index is 1220. The molecule has 1 atom stereocenters. The molecule has 7 nitrogen and oxygen atoms in total. The van der Waals surface area contributed by atoms with Gasteiger partial charge in [-0.25, -0.2) is 9.07 Å². The Balaban J connectivity index is 1.20. The number of piperidine rings is 1. The summed E-state index contributed by atoms with van der Waals surface area (Å²) in [5.41, 5.74) is 2.23. The molecule has 1 amide bonds. The van der Waals surface area contributed by atoms with E-state index in [1.807, 2.05) is 46.2 Å². The van der Waals surface area contributed by atoms with E-state index in [9.17, 15) is 14.0 Å². The Labute approximate surface area is 204 Å². The number of para-hydroxylation sites is 1. The van der Waals surface area contributed by atoms with Gasteiger partial charge >= 0.3 is 0 Å². The van der Waals surface area contributed by atoms with Crippen LogP contribution in [0.5, 0.6) is 0 Å². The molecule has 2 aliphatic heterocycles. The van der Waals surface area contributed by atoms with Crippen molar-refractivity contribution in [1.29, 1.82) is 0 Å². The number of piperazine rings is 1. The van der Waals surface area contributed by atoms with Crippen LogP contribution in [0, 0.1) is 11.7 Å². The summed E-state index contributed by atoms with van der Waals surface area (Å²) in [6.07, 6.45) is 3.45. The number of halogens is 1. The van der Waals surface area contributed by atoms with Gasteiger partial charge in [-0.2, -0.15) is 5.10 Å². The van der Waals surface area contributed by atoms with Crippen LogP contribution in [0.25, 0.3) is 0 Å². The molecule has 2 aromatic carbocycles. The average Bonchev–Trinajstić information content (AvgIpc) is 2.90. The summed E-state index contributed by atoms with van der Waals surface area (Å²) in [5.74, 6) is -0.196. The summed E-state index contributed by atoms with van der Waals surface area (Å²) >= 11 is 0. The fourth-order valence-corrected chi connectivity index (χ4v) is 5.02. The van der Waals surface area contributed by atoms with Crippen LogP contribution in [0.1, 0.15) is 18.4 Å². The highest BCUT2D eigenvalue weighted by atomic mass is 19.1. The third-order valence-electron chi connectivity index (χ3n) is 6.95. The molecule has 0 spiro atoms. The first-order valence-electron chi connectivity index (χ1n) is 12.2. The second kappa shape index (κ2) is 10.3. The molecule has 3 aromatic rings. The number of rotatable bonds is 5. The van der Waals surface area contributed by atoms with E-state index in [1.165, 1.54) is 10.7 Å². The monoisotopic (exact) mass is 475 g/mol. The van der Waals surface area contributed by atoms with Crippen molar-refractivity contribution >= 4 is 17.3 Å². The second-order valence-electron chi connectivity index (χ2n) is 9.24. The van der Waals surface area contributed by atoms with Crippen LogP contribution in [-0.2, 0) is 11.3 Å². The molecule has 1 unspecified atom stereocenters. The van der Waals surface area contributed by atoms with E-state index < -0.39 is 0 Å². The van der Waals surface area contributed by atoms with Crippen molar-refractivity contribution in [3.05, 3.63) is 88.6 Å². The number of amides is 1. The van der Waals surface area contributed by atoms with E-state index in [4.69, 9.17) is 0 Å². The lowest BCUT2D eigenvalue weighted by atomic mass is 9.96. The minimum Gasteiger partial charge on any atom is -0.369 e. The van der Waals surface area contributed by atoms with Crippen LogP contribution in [0.3, 0.4) is 0 Å². The van der Waals surface area contributed by atoms with Crippen LogP contribution in [-0.4, -0.2) is 59.9 Å². The predicted molar refractivity (Wildman–Crippen MR) is 134 cm³/mol. The zero-order valence-electron chi connectivity index (χ0n) is 19.7. The number of benzene rings is 2. The molecule has 2 aliphatic rings. The van der Waals surface area contributed by atoms with Gasteiger partial charge < -0.3 is 14.7 Å². The van der Waals surface area contributed by atoms with Gasteiger partial charge in [-0.15, -0.1) is 0 Å². The van der Waals surface area contributed by atoms with Gasteiger partial charge in [0.1, 0.15) is 5.82 Å². The summed E-state index contributed by atoms with van der Waals surface area (Å²) in [7, 11) is 0. The van der Waals surface area contributed by atoms with Crippen molar-refractivity contribution in [3.63, 3.8) is 0 Å². The number of carbonyl (C=O) groups is 1. The number of hydrogen-bond donors (Lipinski definition) is 0. The zero-order chi connectivity index (χ0) is 24.2. The van der Waals surface area contributed by atoms with E-state index in [-0.39, 0.29) is 23.2 Å². The van der Waals surface area contributed by atoms with Crippen molar-refractivity contribution in [2.24, 2.45) is 5.92 Å². The minimum atomic E-state index is -0.227. The molecule has 182 valence electrons. The summed E-state index contributed by atoms with van der Waals surface area (Å²) < 4.78 is 15.6. The molecule has 1 aromatic heterocycles. The van der Waals surface area contributed by atoms with Crippen molar-refractivity contribution in [3.8, 4) is 0 Å². The molecular weight excluding hydrogens is 445 g/mol. The van der Waals surface area contributed by atoms with Crippen LogP contribution < -0.4 is 15.4 Å². The van der Waals surface area contributed by atoms with E-state index in [0.717, 1.165) is 30.6 Å². The molecule has 0 bridgehead atoms. The molecule has 2 saturated heterocycles. The van der Waals surface area contributed by atoms with Gasteiger partial charge in [-0.05, 0) is 30.5 Å². The van der Waals surface area contributed by atoms with Crippen molar-refractivity contribution < 1.29 is 9.18 Å². The topological polar surface area (TPSA) is 61.7 Å². The van der Waals surface area contributed by atoms with Crippen LogP contribution in [0.15, 0.2) is 71.7 Å². The molecule has 3 heterocycles. The predicted octanol–water partition coefficient (Wildman–Crippen LogP) is 3.00. The van der Waals surface area contributed by atoms with Crippen molar-refractivity contribution in [2.45, 2.75) is 19.4 Å². The molecular formula is C27H30FN5O2. The molecule has 0 N–H and O–H groups in total. The molecule has 2 fully saturated rings. The molecule has 0 radical (unpaired) electrons.